The molecule has 0 aliphatic carbocycles. The van der Waals surface area contributed by atoms with Gasteiger partial charge in [-0.2, -0.15) is 18.3 Å². The summed E-state index contributed by atoms with van der Waals surface area (Å²) in [5.74, 6) is -0.833. The summed E-state index contributed by atoms with van der Waals surface area (Å²) in [5, 5.41) is 9.24. The third kappa shape index (κ3) is 6.85. The number of nitrogens with zero attached hydrogens (tertiary/aromatic N) is 4. The van der Waals surface area contributed by atoms with Crippen LogP contribution in [0.15, 0.2) is 65.1 Å². The Labute approximate surface area is 239 Å². The maximum absolute atomic E-state index is 14.8. The zero-order valence-corrected chi connectivity index (χ0v) is 24.5. The number of rotatable bonds is 7. The zero-order chi connectivity index (χ0) is 27.6. The summed E-state index contributed by atoms with van der Waals surface area (Å²) in [4.78, 5) is 19.6. The molecule has 0 bridgehead atoms. The van der Waals surface area contributed by atoms with Gasteiger partial charge in [0.05, 0.1) is 6.54 Å². The van der Waals surface area contributed by atoms with E-state index in [1.54, 1.807) is 65.0 Å². The van der Waals surface area contributed by atoms with Crippen molar-refractivity contribution in [2.24, 2.45) is 0 Å². The Morgan fingerprint density at radius 1 is 1.21 bits per heavy atom. The van der Waals surface area contributed by atoms with Gasteiger partial charge in [-0.1, -0.05) is 18.2 Å². The molecular formula is C26H24AsF4N5OS2. The van der Waals surface area contributed by atoms with Gasteiger partial charge in [0.2, 0.25) is 0 Å². The minimum absolute atomic E-state index is 0.118. The van der Waals surface area contributed by atoms with Crippen molar-refractivity contribution in [3.63, 3.8) is 0 Å². The van der Waals surface area contributed by atoms with Gasteiger partial charge >= 0.3 is 164 Å². The van der Waals surface area contributed by atoms with Crippen LogP contribution in [0.3, 0.4) is 0 Å². The topological polar surface area (TPSA) is 63.1 Å². The summed E-state index contributed by atoms with van der Waals surface area (Å²) in [7, 11) is 0. The Hall–Kier alpha value is -2.82. The van der Waals surface area contributed by atoms with Crippen LogP contribution in [0.1, 0.15) is 28.9 Å². The number of anilines is 2. The van der Waals surface area contributed by atoms with Gasteiger partial charge in [-0.15, -0.1) is 0 Å². The average Bonchev–Trinajstić information content (AvgIpc) is 3.54. The third-order valence-corrected chi connectivity index (χ3v) is 9.04. The monoisotopic (exact) mass is 637 g/mol. The van der Waals surface area contributed by atoms with E-state index in [1.165, 1.54) is 28.2 Å². The molecule has 6 nitrogen and oxygen atoms in total. The number of aromatic nitrogens is 3. The first kappa shape index (κ1) is 27.7. The van der Waals surface area contributed by atoms with E-state index in [2.05, 4.69) is 15.4 Å². The van der Waals surface area contributed by atoms with Crippen LogP contribution < -0.4 is 10.2 Å². The van der Waals surface area contributed by atoms with Gasteiger partial charge in [-0.25, -0.2) is 0 Å². The summed E-state index contributed by atoms with van der Waals surface area (Å²) in [5.41, 5.74) is -2.28. The number of hydrogen-bond donors (Lipinski definition) is 1. The van der Waals surface area contributed by atoms with E-state index < -0.39 is 11.4 Å². The summed E-state index contributed by atoms with van der Waals surface area (Å²) in [6, 6.07) is 11.0. The first-order valence-electron chi connectivity index (χ1n) is 12.1. The molecule has 0 spiro atoms. The number of nitrogens with one attached hydrogen (secondary N) is 1. The molecule has 2 aromatic carbocycles. The number of alkyl halides is 3. The molecule has 1 aliphatic rings. The standard InChI is InChI=1S/C26H24AsF4N5OS2/c27-18-6-4-10-35(14-18)23-19(28)7-3-8-20(23)33-24(37)21-15-38-25(34-21)17-11-32-36(13-17)12-16-5-1-2-9-22(16)39-26(29,30)31/h1-3,5,7-9,11,13,15,18H,4,6,10,12,14,27H2,(H,33,37)/t18-/m1/s1. The first-order chi connectivity index (χ1) is 18.7. The summed E-state index contributed by atoms with van der Waals surface area (Å²) in [6.07, 6.45) is 5.33. The summed E-state index contributed by atoms with van der Waals surface area (Å²) >= 11 is 2.73. The van der Waals surface area contributed by atoms with E-state index in [9.17, 15) is 22.4 Å². The predicted molar refractivity (Wildman–Crippen MR) is 149 cm³/mol. The molecule has 0 radical (unpaired) electrons. The molecule has 2 atom stereocenters. The van der Waals surface area contributed by atoms with E-state index in [0.717, 1.165) is 25.9 Å². The second kappa shape index (κ2) is 11.7. The Bertz CT molecular complexity index is 1470. The molecular weight excluding hydrogens is 613 g/mol. The van der Waals surface area contributed by atoms with Crippen LogP contribution in [-0.2, 0) is 6.54 Å². The van der Waals surface area contributed by atoms with Crippen molar-refractivity contribution in [1.82, 2.24) is 14.8 Å². The van der Waals surface area contributed by atoms with Crippen molar-refractivity contribution in [2.75, 3.05) is 23.3 Å². The fraction of sp³-hybridized carbons (Fsp3) is 0.269. The fourth-order valence-electron chi connectivity index (χ4n) is 4.44. The summed E-state index contributed by atoms with van der Waals surface area (Å²) < 4.78 is 55.6. The fourth-order valence-corrected chi connectivity index (χ4v) is 6.90. The summed E-state index contributed by atoms with van der Waals surface area (Å²) in [6.45, 7) is 1.62. The van der Waals surface area contributed by atoms with Gasteiger partial charge in [0.15, 0.2) is 0 Å². The van der Waals surface area contributed by atoms with Gasteiger partial charge < -0.3 is 0 Å². The molecule has 0 saturated carbocycles. The number of carbonyl (C=O) groups is 1. The van der Waals surface area contributed by atoms with Crippen LogP contribution in [0.2, 0.25) is 4.71 Å². The van der Waals surface area contributed by atoms with E-state index >= 15 is 0 Å². The molecule has 4 aromatic rings. The normalized spacial score (nSPS) is 15.9. The van der Waals surface area contributed by atoms with Crippen molar-refractivity contribution >= 4 is 57.2 Å². The van der Waals surface area contributed by atoms with Crippen molar-refractivity contribution in [3.05, 3.63) is 77.3 Å². The molecule has 204 valence electrons. The number of carbonyl (C=O) groups excluding carboxylic acids is 1. The third-order valence-electron chi connectivity index (χ3n) is 6.16. The first-order valence-corrected chi connectivity index (χ1v) is 15.2. The molecule has 1 amide bonds. The van der Waals surface area contributed by atoms with Gasteiger partial charge in [0.25, 0.3) is 0 Å². The molecule has 2 aromatic heterocycles. The number of thioether (sulfide) groups is 1. The van der Waals surface area contributed by atoms with Crippen molar-refractivity contribution < 1.29 is 22.4 Å². The number of thiazole rings is 1. The number of benzene rings is 2. The Morgan fingerprint density at radius 3 is 2.82 bits per heavy atom. The van der Waals surface area contributed by atoms with Crippen LogP contribution in [0.25, 0.3) is 10.6 Å². The zero-order valence-electron chi connectivity index (χ0n) is 20.5. The van der Waals surface area contributed by atoms with Crippen molar-refractivity contribution in [2.45, 2.75) is 34.5 Å². The van der Waals surface area contributed by atoms with E-state index in [0.29, 0.717) is 32.2 Å². The molecule has 1 unspecified atom stereocenters. The number of amides is 1. The molecule has 1 fully saturated rings. The Kier molecular flexibility index (Phi) is 8.34. The molecule has 39 heavy (non-hydrogen) atoms. The van der Waals surface area contributed by atoms with E-state index in [-0.39, 0.29) is 34.7 Å². The second-order valence-corrected chi connectivity index (χ2v) is 13.0. The van der Waals surface area contributed by atoms with E-state index in [4.69, 9.17) is 0 Å². The molecule has 1 N–H and O–H groups in total. The average molecular weight is 638 g/mol. The number of hydrogen-bond acceptors (Lipinski definition) is 6. The molecule has 1 aliphatic heterocycles. The van der Waals surface area contributed by atoms with Gasteiger partial charge in [0, 0.05) is 4.90 Å². The minimum atomic E-state index is -4.39. The number of para-hydroxylation sites is 1. The van der Waals surface area contributed by atoms with Crippen LogP contribution in [0.5, 0.6) is 0 Å². The van der Waals surface area contributed by atoms with Gasteiger partial charge in [-0.3, -0.25) is 4.68 Å². The van der Waals surface area contributed by atoms with E-state index in [1.807, 2.05) is 4.90 Å². The van der Waals surface area contributed by atoms with Crippen LogP contribution in [0, 0.1) is 5.82 Å². The molecule has 13 heteroatoms. The van der Waals surface area contributed by atoms with Crippen LogP contribution >= 0.6 is 23.1 Å². The maximum atomic E-state index is 14.8. The van der Waals surface area contributed by atoms with Crippen molar-refractivity contribution in [3.8, 4) is 10.6 Å². The molecule has 1 saturated heterocycles. The molecule has 3 heterocycles. The van der Waals surface area contributed by atoms with Crippen LogP contribution in [-0.4, -0.2) is 56.1 Å². The predicted octanol–water partition coefficient (Wildman–Crippen LogP) is 6.08. The quantitative estimate of drug-likeness (QED) is 0.151. The second-order valence-electron chi connectivity index (χ2n) is 9.06. The SMILES string of the molecule is O=C(Nc1cccc(F)c1N1CCC[C@@H]([AsH2])C1)c1csc(-c2cnn(Cc3ccccc3SC(F)(F)F)c2)n1. The van der Waals surface area contributed by atoms with Gasteiger partial charge in [-0.05, 0) is 23.4 Å². The van der Waals surface area contributed by atoms with Gasteiger partial charge in [0.1, 0.15) is 0 Å². The van der Waals surface area contributed by atoms with Crippen LogP contribution in [0.4, 0.5) is 28.9 Å². The van der Waals surface area contributed by atoms with Crippen molar-refractivity contribution in [1.29, 1.82) is 0 Å². The number of halogens is 4. The Morgan fingerprint density at radius 2 is 2.03 bits per heavy atom. The molecule has 5 rings (SSSR count). The Balaban J connectivity index is 1.30. The number of piperidine rings is 1.